The van der Waals surface area contributed by atoms with Crippen molar-refractivity contribution in [3.63, 3.8) is 0 Å². The maximum absolute atomic E-state index is 13.6. The zero-order chi connectivity index (χ0) is 24.6. The van der Waals surface area contributed by atoms with E-state index in [1.165, 1.54) is 0 Å². The molecule has 0 saturated carbocycles. The van der Waals surface area contributed by atoms with Gasteiger partial charge < -0.3 is 19.0 Å². The third-order valence-electron chi connectivity index (χ3n) is 6.16. The van der Waals surface area contributed by atoms with E-state index in [0.29, 0.717) is 43.2 Å². The van der Waals surface area contributed by atoms with E-state index in [1.54, 1.807) is 34.1 Å². The Hall–Kier alpha value is -3.09. The summed E-state index contributed by atoms with van der Waals surface area (Å²) in [5, 5.41) is 0.559. The molecule has 0 unspecified atom stereocenters. The van der Waals surface area contributed by atoms with Gasteiger partial charge in [0.15, 0.2) is 0 Å². The first-order valence-corrected chi connectivity index (χ1v) is 12.4. The highest BCUT2D eigenvalue weighted by Gasteiger charge is 2.27. The van der Waals surface area contributed by atoms with Gasteiger partial charge in [0.05, 0.1) is 12.6 Å². The molecule has 6 nitrogen and oxygen atoms in total. The van der Waals surface area contributed by atoms with Gasteiger partial charge in [-0.3, -0.25) is 9.59 Å². The van der Waals surface area contributed by atoms with Gasteiger partial charge >= 0.3 is 0 Å². The number of nitrogens with zero attached hydrogens (tertiary/aromatic N) is 2. The highest BCUT2D eigenvalue weighted by molar-refractivity contribution is 6.30. The summed E-state index contributed by atoms with van der Waals surface area (Å²) in [6.07, 6.45) is 2.48. The maximum atomic E-state index is 13.6. The molecular weight excluding hydrogens is 464 g/mol. The van der Waals surface area contributed by atoms with Crippen LogP contribution in [0.4, 0.5) is 0 Å². The quantitative estimate of drug-likeness (QED) is 0.392. The topological polar surface area (TPSA) is 63.0 Å². The van der Waals surface area contributed by atoms with E-state index in [2.05, 4.69) is 0 Å². The third-order valence-corrected chi connectivity index (χ3v) is 6.41. The zero-order valence-corrected chi connectivity index (χ0v) is 20.7. The van der Waals surface area contributed by atoms with Crippen molar-refractivity contribution >= 4 is 23.4 Å². The summed E-state index contributed by atoms with van der Waals surface area (Å²) in [6.45, 7) is 3.78. The van der Waals surface area contributed by atoms with Gasteiger partial charge in [-0.15, -0.1) is 0 Å². The molecule has 1 aliphatic heterocycles. The van der Waals surface area contributed by atoms with E-state index < -0.39 is 0 Å². The Morgan fingerprint density at radius 2 is 1.77 bits per heavy atom. The second kappa shape index (κ2) is 12.0. The fourth-order valence-electron chi connectivity index (χ4n) is 4.25. The number of aryl methyl sites for hydroxylation is 1. The van der Waals surface area contributed by atoms with Gasteiger partial charge in [-0.25, -0.2) is 0 Å². The lowest BCUT2D eigenvalue weighted by Crippen LogP contribution is -2.46. The van der Waals surface area contributed by atoms with Crippen molar-refractivity contribution in [2.45, 2.75) is 38.8 Å². The van der Waals surface area contributed by atoms with Crippen molar-refractivity contribution in [1.29, 1.82) is 0 Å². The van der Waals surface area contributed by atoms with Crippen LogP contribution in [0.15, 0.2) is 71.1 Å². The minimum atomic E-state index is -0.206. The van der Waals surface area contributed by atoms with Gasteiger partial charge in [0.2, 0.25) is 5.91 Å². The van der Waals surface area contributed by atoms with Crippen molar-refractivity contribution in [2.24, 2.45) is 0 Å². The summed E-state index contributed by atoms with van der Waals surface area (Å²) in [5.74, 6) is 1.18. The highest BCUT2D eigenvalue weighted by atomic mass is 35.5. The Bertz CT molecular complexity index is 1110. The Balaban J connectivity index is 1.51. The number of carbonyl (C=O) groups excluding carboxylic acids is 2. The molecule has 4 rings (SSSR count). The summed E-state index contributed by atoms with van der Waals surface area (Å²) in [4.78, 5) is 30.3. The van der Waals surface area contributed by atoms with Crippen molar-refractivity contribution < 1.29 is 18.7 Å². The van der Waals surface area contributed by atoms with E-state index in [1.807, 2.05) is 49.4 Å². The molecule has 3 aromatic rings. The number of hydrogen-bond donors (Lipinski definition) is 0. The Morgan fingerprint density at radius 1 is 1.00 bits per heavy atom. The van der Waals surface area contributed by atoms with Crippen LogP contribution in [0.25, 0.3) is 0 Å². The molecule has 1 fully saturated rings. The largest absolute Gasteiger partial charge is 0.464 e. The van der Waals surface area contributed by atoms with Crippen LogP contribution in [0.1, 0.15) is 40.3 Å². The summed E-state index contributed by atoms with van der Waals surface area (Å²) >= 11 is 6.01. The second-order valence-corrected chi connectivity index (χ2v) is 9.33. The van der Waals surface area contributed by atoms with E-state index in [-0.39, 0.29) is 24.5 Å². The monoisotopic (exact) mass is 494 g/mol. The molecule has 0 aliphatic carbocycles. The van der Waals surface area contributed by atoms with E-state index in [4.69, 9.17) is 20.8 Å². The van der Waals surface area contributed by atoms with E-state index in [9.17, 15) is 9.59 Å². The van der Waals surface area contributed by atoms with Gasteiger partial charge in [-0.05, 0) is 68.1 Å². The molecule has 1 aliphatic rings. The minimum absolute atomic E-state index is 0.0319. The SMILES string of the molecule is Cc1ccc(CN(CCc2ccccc2)C(=O)CN(C[C@@H]2CCCO2)C(=O)c2ccc(Cl)cc2)o1. The van der Waals surface area contributed by atoms with Crippen LogP contribution in [0.3, 0.4) is 0 Å². The molecule has 1 atom stereocenters. The molecule has 2 amide bonds. The number of amides is 2. The van der Waals surface area contributed by atoms with Crippen LogP contribution in [-0.4, -0.2) is 54.0 Å². The number of benzene rings is 2. The number of rotatable bonds is 10. The Kier molecular flexibility index (Phi) is 8.61. The lowest BCUT2D eigenvalue weighted by molar-refractivity contribution is -0.133. The first-order chi connectivity index (χ1) is 17.0. The molecule has 7 heteroatoms. The van der Waals surface area contributed by atoms with Crippen LogP contribution < -0.4 is 0 Å². The molecule has 2 heterocycles. The molecule has 0 radical (unpaired) electrons. The lowest BCUT2D eigenvalue weighted by Gasteiger charge is -2.29. The molecule has 184 valence electrons. The van der Waals surface area contributed by atoms with Crippen molar-refractivity contribution in [2.75, 3.05) is 26.2 Å². The molecule has 0 spiro atoms. The average molecular weight is 495 g/mol. The number of carbonyl (C=O) groups is 2. The van der Waals surface area contributed by atoms with Gasteiger partial charge in [0, 0.05) is 30.3 Å². The Morgan fingerprint density at radius 3 is 2.43 bits per heavy atom. The standard InChI is InChI=1S/C28H31ClN2O4/c1-21-9-14-26(35-21)19-30(16-15-22-6-3-2-4-7-22)27(32)20-31(18-25-8-5-17-34-25)28(33)23-10-12-24(29)13-11-23/h2-4,6-7,9-14,25H,5,8,15-20H2,1H3/t25-/m0/s1. The molecule has 1 aromatic heterocycles. The molecule has 35 heavy (non-hydrogen) atoms. The summed E-state index contributed by atoms with van der Waals surface area (Å²) in [6, 6.07) is 20.6. The molecule has 0 bridgehead atoms. The van der Waals surface area contributed by atoms with Crippen molar-refractivity contribution in [3.8, 4) is 0 Å². The fraction of sp³-hybridized carbons (Fsp3) is 0.357. The second-order valence-electron chi connectivity index (χ2n) is 8.89. The number of ether oxygens (including phenoxy) is 1. The molecular formula is C28H31ClN2O4. The third kappa shape index (κ3) is 7.20. The van der Waals surface area contributed by atoms with Crippen LogP contribution in [-0.2, 0) is 22.5 Å². The Labute approximate surface area is 211 Å². The van der Waals surface area contributed by atoms with Crippen LogP contribution in [0, 0.1) is 6.92 Å². The summed E-state index contributed by atoms with van der Waals surface area (Å²) in [7, 11) is 0. The highest BCUT2D eigenvalue weighted by Crippen LogP contribution is 2.18. The predicted molar refractivity (Wildman–Crippen MR) is 135 cm³/mol. The first-order valence-electron chi connectivity index (χ1n) is 12.0. The molecule has 2 aromatic carbocycles. The average Bonchev–Trinajstić information content (AvgIpc) is 3.53. The van der Waals surface area contributed by atoms with Crippen LogP contribution in [0.5, 0.6) is 0 Å². The van der Waals surface area contributed by atoms with Crippen LogP contribution >= 0.6 is 11.6 Å². The smallest absolute Gasteiger partial charge is 0.254 e. The summed E-state index contributed by atoms with van der Waals surface area (Å²) < 4.78 is 11.5. The summed E-state index contributed by atoms with van der Waals surface area (Å²) in [5.41, 5.74) is 1.65. The first kappa shape index (κ1) is 25.0. The van der Waals surface area contributed by atoms with Crippen LogP contribution in [0.2, 0.25) is 5.02 Å². The minimum Gasteiger partial charge on any atom is -0.464 e. The molecule has 0 N–H and O–H groups in total. The van der Waals surface area contributed by atoms with Crippen molar-refractivity contribution in [1.82, 2.24) is 9.80 Å². The van der Waals surface area contributed by atoms with Gasteiger partial charge in [-0.1, -0.05) is 41.9 Å². The lowest BCUT2D eigenvalue weighted by atomic mass is 10.1. The van der Waals surface area contributed by atoms with Gasteiger partial charge in [0.25, 0.3) is 5.91 Å². The molecule has 1 saturated heterocycles. The normalized spacial score (nSPS) is 15.2. The van der Waals surface area contributed by atoms with Gasteiger partial charge in [-0.2, -0.15) is 0 Å². The van der Waals surface area contributed by atoms with E-state index >= 15 is 0 Å². The number of halogens is 1. The predicted octanol–water partition coefficient (Wildman–Crippen LogP) is 5.13. The number of hydrogen-bond acceptors (Lipinski definition) is 4. The van der Waals surface area contributed by atoms with Crippen molar-refractivity contribution in [3.05, 3.63) is 94.4 Å². The van der Waals surface area contributed by atoms with Gasteiger partial charge in [0.1, 0.15) is 18.1 Å². The maximum Gasteiger partial charge on any atom is 0.254 e. The fourth-order valence-corrected chi connectivity index (χ4v) is 4.38. The number of furan rings is 1. The van der Waals surface area contributed by atoms with E-state index in [0.717, 1.165) is 29.9 Å². The zero-order valence-electron chi connectivity index (χ0n) is 20.0.